The smallest absolute Gasteiger partial charge is 0.224 e. The van der Waals surface area contributed by atoms with Gasteiger partial charge in [0.05, 0.1) is 5.69 Å². The molecule has 90 valence electrons. The fourth-order valence-corrected chi connectivity index (χ4v) is 1.95. The van der Waals surface area contributed by atoms with E-state index in [4.69, 9.17) is 22.1 Å². The lowest BCUT2D eigenvalue weighted by Gasteiger charge is -2.19. The van der Waals surface area contributed by atoms with Crippen molar-refractivity contribution in [3.63, 3.8) is 0 Å². The van der Waals surface area contributed by atoms with Gasteiger partial charge >= 0.3 is 0 Å². The lowest BCUT2D eigenvalue weighted by atomic mass is 10.1. The maximum absolute atomic E-state index is 5.75. The Labute approximate surface area is 110 Å². The summed E-state index contributed by atoms with van der Waals surface area (Å²) in [4.78, 5) is 7.99. The van der Waals surface area contributed by atoms with Crippen molar-refractivity contribution in [1.82, 2.24) is 9.97 Å². The zero-order valence-electron chi connectivity index (χ0n) is 9.43. The van der Waals surface area contributed by atoms with Crippen LogP contribution in [-0.4, -0.2) is 9.97 Å². The molecule has 0 radical (unpaired) electrons. The van der Waals surface area contributed by atoms with E-state index in [1.165, 1.54) is 0 Å². The van der Waals surface area contributed by atoms with Gasteiger partial charge in [-0.1, -0.05) is 18.2 Å². The molecule has 1 aliphatic heterocycles. The van der Waals surface area contributed by atoms with E-state index in [1.54, 1.807) is 0 Å². The first-order valence-corrected chi connectivity index (χ1v) is 5.53. The van der Waals surface area contributed by atoms with Gasteiger partial charge in [-0.15, -0.1) is 12.8 Å². The Hall–Kier alpha value is -2.25. The molecule has 0 spiro atoms. The average Bonchev–Trinajstić information content (AvgIpc) is 2.39. The molecule has 0 saturated heterocycles. The zero-order chi connectivity index (χ0) is 13.1. The van der Waals surface area contributed by atoms with Gasteiger partial charge in [0.1, 0.15) is 5.75 Å². The van der Waals surface area contributed by atoms with E-state index in [0.717, 1.165) is 17.0 Å². The first kappa shape index (κ1) is 12.2. The highest BCUT2D eigenvalue weighted by Gasteiger charge is 2.21. The summed E-state index contributed by atoms with van der Waals surface area (Å²) in [5.41, 5.74) is 7.54. The fraction of sp³-hybridized carbons (Fsp3) is 0.0769. The third kappa shape index (κ3) is 2.08. The summed E-state index contributed by atoms with van der Waals surface area (Å²) >= 11 is 5.75. The molecular formula is C13H10ClN3O. The third-order valence-corrected chi connectivity index (χ3v) is 2.65. The standard InChI is InChI=1S/C11H8ClN3O.C2H2/c12-11-14-7-5-6-3-1-2-4-8(6)16-9(7)10(13)15-11;1-2/h1-4H,5H2,(H2,13,14,15);1-2H. The zero-order valence-corrected chi connectivity index (χ0v) is 10.2. The van der Waals surface area contributed by atoms with Crippen molar-refractivity contribution < 1.29 is 4.74 Å². The van der Waals surface area contributed by atoms with E-state index in [9.17, 15) is 0 Å². The Bertz CT molecular complexity index is 610. The first-order chi connectivity index (χ1) is 8.74. The van der Waals surface area contributed by atoms with Crippen molar-refractivity contribution in [1.29, 1.82) is 0 Å². The van der Waals surface area contributed by atoms with Crippen LogP contribution >= 0.6 is 11.6 Å². The number of nitrogens with two attached hydrogens (primary N) is 1. The molecule has 2 heterocycles. The summed E-state index contributed by atoms with van der Waals surface area (Å²) in [7, 11) is 0. The van der Waals surface area contributed by atoms with Gasteiger partial charge < -0.3 is 10.5 Å². The van der Waals surface area contributed by atoms with Gasteiger partial charge in [-0.2, -0.15) is 4.98 Å². The Kier molecular flexibility index (Phi) is 3.35. The summed E-state index contributed by atoms with van der Waals surface area (Å²) in [6, 6.07) is 7.76. The molecule has 2 N–H and O–H groups in total. The van der Waals surface area contributed by atoms with Crippen molar-refractivity contribution in [2.45, 2.75) is 6.42 Å². The Morgan fingerprint density at radius 3 is 2.72 bits per heavy atom. The fourth-order valence-electron chi connectivity index (χ4n) is 1.76. The molecule has 1 aliphatic rings. The number of benzene rings is 1. The minimum absolute atomic E-state index is 0.152. The minimum atomic E-state index is 0.152. The molecule has 1 aromatic heterocycles. The molecule has 1 aromatic carbocycles. The quantitative estimate of drug-likeness (QED) is 0.498. The van der Waals surface area contributed by atoms with Gasteiger partial charge in [0.25, 0.3) is 0 Å². The number of anilines is 1. The average molecular weight is 260 g/mol. The molecule has 0 atom stereocenters. The van der Waals surface area contributed by atoms with Crippen LogP contribution in [0.2, 0.25) is 5.28 Å². The predicted molar refractivity (Wildman–Crippen MR) is 70.7 cm³/mol. The Morgan fingerprint density at radius 1 is 1.22 bits per heavy atom. The normalized spacial score (nSPS) is 11.3. The summed E-state index contributed by atoms with van der Waals surface area (Å²) in [5.74, 6) is 1.60. The van der Waals surface area contributed by atoms with E-state index >= 15 is 0 Å². The van der Waals surface area contributed by atoms with E-state index in [2.05, 4.69) is 22.8 Å². The molecule has 0 fully saturated rings. The van der Waals surface area contributed by atoms with Crippen molar-refractivity contribution in [3.05, 3.63) is 40.8 Å². The van der Waals surface area contributed by atoms with Crippen LogP contribution in [0.25, 0.3) is 0 Å². The van der Waals surface area contributed by atoms with E-state index in [0.29, 0.717) is 12.2 Å². The van der Waals surface area contributed by atoms with Gasteiger partial charge in [-0.05, 0) is 17.7 Å². The van der Waals surface area contributed by atoms with Crippen LogP contribution in [0.15, 0.2) is 24.3 Å². The van der Waals surface area contributed by atoms with Gasteiger partial charge in [-0.3, -0.25) is 0 Å². The van der Waals surface area contributed by atoms with Gasteiger partial charge in [-0.25, -0.2) is 4.98 Å². The van der Waals surface area contributed by atoms with E-state index in [1.807, 2.05) is 24.3 Å². The van der Waals surface area contributed by atoms with Crippen LogP contribution in [0.5, 0.6) is 11.5 Å². The highest BCUT2D eigenvalue weighted by atomic mass is 35.5. The number of nitrogens with zero attached hydrogens (tertiary/aromatic N) is 2. The van der Waals surface area contributed by atoms with Crippen LogP contribution in [0.1, 0.15) is 11.3 Å². The van der Waals surface area contributed by atoms with Crippen LogP contribution < -0.4 is 10.5 Å². The second-order valence-corrected chi connectivity index (χ2v) is 3.88. The number of halogens is 1. The number of nitrogen functional groups attached to an aromatic ring is 1. The predicted octanol–water partition coefficient (Wildman–Crippen LogP) is 2.66. The van der Waals surface area contributed by atoms with E-state index < -0.39 is 0 Å². The number of hydrogen-bond donors (Lipinski definition) is 1. The molecule has 0 amide bonds. The second-order valence-electron chi connectivity index (χ2n) is 3.54. The largest absolute Gasteiger partial charge is 0.451 e. The maximum atomic E-state index is 5.75. The summed E-state index contributed by atoms with van der Waals surface area (Å²) in [5, 5.41) is 0.152. The molecule has 2 aromatic rings. The SMILES string of the molecule is C#C.Nc1nc(Cl)nc2c1Oc1ccccc1C2. The van der Waals surface area contributed by atoms with Crippen molar-refractivity contribution in [2.75, 3.05) is 5.73 Å². The van der Waals surface area contributed by atoms with E-state index in [-0.39, 0.29) is 11.1 Å². The van der Waals surface area contributed by atoms with Crippen LogP contribution in [0.3, 0.4) is 0 Å². The second kappa shape index (κ2) is 4.94. The summed E-state index contributed by atoms with van der Waals surface area (Å²) in [6.45, 7) is 0. The monoisotopic (exact) mass is 259 g/mol. The molecule has 0 bridgehead atoms. The van der Waals surface area contributed by atoms with Crippen LogP contribution in [0, 0.1) is 12.8 Å². The topological polar surface area (TPSA) is 61.0 Å². The summed E-state index contributed by atoms with van der Waals surface area (Å²) in [6.07, 6.45) is 8.66. The molecular weight excluding hydrogens is 250 g/mol. The lowest BCUT2D eigenvalue weighted by Crippen LogP contribution is -2.09. The number of rotatable bonds is 0. The van der Waals surface area contributed by atoms with Crippen molar-refractivity contribution in [3.8, 4) is 24.3 Å². The number of ether oxygens (including phenoxy) is 1. The lowest BCUT2D eigenvalue weighted by molar-refractivity contribution is 0.455. The Morgan fingerprint density at radius 2 is 1.94 bits per heavy atom. The number of terminal acetylenes is 1. The minimum Gasteiger partial charge on any atom is -0.451 e. The maximum Gasteiger partial charge on any atom is 0.224 e. The highest BCUT2D eigenvalue weighted by molar-refractivity contribution is 6.28. The van der Waals surface area contributed by atoms with Crippen molar-refractivity contribution >= 4 is 17.4 Å². The molecule has 3 rings (SSSR count). The van der Waals surface area contributed by atoms with Crippen LogP contribution in [0.4, 0.5) is 5.82 Å². The molecule has 5 heteroatoms. The molecule has 0 saturated carbocycles. The number of para-hydroxylation sites is 1. The Balaban J connectivity index is 0.000000574. The molecule has 18 heavy (non-hydrogen) atoms. The summed E-state index contributed by atoms with van der Waals surface area (Å²) < 4.78 is 5.65. The highest BCUT2D eigenvalue weighted by Crippen LogP contribution is 2.38. The number of hydrogen-bond acceptors (Lipinski definition) is 4. The molecule has 0 unspecified atom stereocenters. The third-order valence-electron chi connectivity index (χ3n) is 2.48. The number of aromatic nitrogens is 2. The molecule has 4 nitrogen and oxygen atoms in total. The van der Waals surface area contributed by atoms with Gasteiger partial charge in [0, 0.05) is 12.0 Å². The van der Waals surface area contributed by atoms with Gasteiger partial charge in [0.15, 0.2) is 11.6 Å². The number of fused-ring (bicyclic) bond motifs is 2. The van der Waals surface area contributed by atoms with Crippen LogP contribution in [-0.2, 0) is 6.42 Å². The molecule has 0 aliphatic carbocycles. The van der Waals surface area contributed by atoms with Crippen molar-refractivity contribution in [2.24, 2.45) is 0 Å². The van der Waals surface area contributed by atoms with Gasteiger partial charge in [0.2, 0.25) is 5.28 Å². The first-order valence-electron chi connectivity index (χ1n) is 5.15.